The van der Waals surface area contributed by atoms with Crippen molar-refractivity contribution in [3.8, 4) is 11.5 Å². The number of hydrogen-bond donors (Lipinski definition) is 1. The molecule has 0 radical (unpaired) electrons. The predicted octanol–water partition coefficient (Wildman–Crippen LogP) is 3.37. The third-order valence-corrected chi connectivity index (χ3v) is 6.99. The van der Waals surface area contributed by atoms with Crippen LogP contribution in [0, 0.1) is 0 Å². The van der Waals surface area contributed by atoms with Crippen LogP contribution in [-0.4, -0.2) is 41.7 Å². The molecule has 2 aromatic rings. The molecule has 2 atom stereocenters. The highest BCUT2D eigenvalue weighted by Gasteiger charge is 2.58. The first-order valence-electron chi connectivity index (χ1n) is 9.46. The van der Waals surface area contributed by atoms with Crippen molar-refractivity contribution in [3.63, 3.8) is 0 Å². The van der Waals surface area contributed by atoms with Crippen molar-refractivity contribution in [2.45, 2.75) is 36.6 Å². The maximum absolute atomic E-state index is 13.4. The smallest absolute Gasteiger partial charge is 0.260 e. The van der Waals surface area contributed by atoms with E-state index in [1.807, 2.05) is 56.3 Å². The van der Waals surface area contributed by atoms with Crippen LogP contribution < -0.4 is 14.8 Å². The van der Waals surface area contributed by atoms with Gasteiger partial charge < -0.3 is 19.7 Å². The molecule has 2 aromatic carbocycles. The Hall–Kier alpha value is -2.67. The summed E-state index contributed by atoms with van der Waals surface area (Å²) in [6, 6.07) is 12.9. The number of nitrogens with zero attached hydrogens (tertiary/aromatic N) is 1. The van der Waals surface area contributed by atoms with Crippen molar-refractivity contribution in [3.05, 3.63) is 59.2 Å². The van der Waals surface area contributed by atoms with Gasteiger partial charge in [-0.25, -0.2) is 0 Å². The average molecular weight is 413 g/mol. The summed E-state index contributed by atoms with van der Waals surface area (Å²) in [5, 5.41) is 2.78. The van der Waals surface area contributed by atoms with Gasteiger partial charge in [-0.15, -0.1) is 11.8 Å². The molecule has 29 heavy (non-hydrogen) atoms. The molecule has 6 nitrogen and oxygen atoms in total. The van der Waals surface area contributed by atoms with Crippen LogP contribution in [-0.2, 0) is 11.3 Å². The molecular weight excluding hydrogens is 388 g/mol. The molecule has 2 heterocycles. The van der Waals surface area contributed by atoms with E-state index >= 15 is 0 Å². The topological polar surface area (TPSA) is 67.9 Å². The van der Waals surface area contributed by atoms with Gasteiger partial charge in [-0.2, -0.15) is 0 Å². The lowest BCUT2D eigenvalue weighted by atomic mass is 10.0. The molecule has 7 heteroatoms. The molecule has 2 aliphatic rings. The summed E-state index contributed by atoms with van der Waals surface area (Å²) in [7, 11) is 3.07. The Bertz CT molecular complexity index is 961. The third-order valence-electron chi connectivity index (χ3n) is 5.45. The molecule has 4 rings (SSSR count). The van der Waals surface area contributed by atoms with Crippen LogP contribution in [0.2, 0.25) is 0 Å². The van der Waals surface area contributed by atoms with E-state index in [1.54, 1.807) is 23.8 Å². The number of hydrogen-bond acceptors (Lipinski definition) is 5. The number of ether oxygens (including phenoxy) is 2. The average Bonchev–Trinajstić information content (AvgIpc) is 3.15. The largest absolute Gasteiger partial charge is 0.493 e. The van der Waals surface area contributed by atoms with Gasteiger partial charge in [0, 0.05) is 16.9 Å². The van der Waals surface area contributed by atoms with Crippen LogP contribution in [0.5, 0.6) is 11.5 Å². The lowest BCUT2D eigenvalue weighted by Gasteiger charge is -2.29. The SMILES string of the molecule is COc1ccc2c(c1OC)C(=O)N1[C@@H]2SC(C)(C)[C@H]1C(=O)NCc1ccccc1. The highest BCUT2D eigenvalue weighted by molar-refractivity contribution is 8.01. The highest BCUT2D eigenvalue weighted by atomic mass is 32.2. The van der Waals surface area contributed by atoms with E-state index in [0.29, 0.717) is 23.6 Å². The first-order chi connectivity index (χ1) is 13.9. The molecule has 1 saturated heterocycles. The number of methoxy groups -OCH3 is 2. The van der Waals surface area contributed by atoms with E-state index in [0.717, 1.165) is 11.1 Å². The van der Waals surface area contributed by atoms with Gasteiger partial charge in [0.05, 0.1) is 19.8 Å². The van der Waals surface area contributed by atoms with Crippen molar-refractivity contribution in [1.82, 2.24) is 10.2 Å². The number of thioether (sulfide) groups is 1. The highest BCUT2D eigenvalue weighted by Crippen LogP contribution is 2.58. The van der Waals surface area contributed by atoms with Crippen molar-refractivity contribution in [1.29, 1.82) is 0 Å². The summed E-state index contributed by atoms with van der Waals surface area (Å²) in [6.45, 7) is 4.45. The first-order valence-corrected chi connectivity index (χ1v) is 10.3. The normalized spacial score (nSPS) is 21.5. The van der Waals surface area contributed by atoms with Crippen LogP contribution >= 0.6 is 11.8 Å². The summed E-state index contributed by atoms with van der Waals surface area (Å²) >= 11 is 1.62. The molecule has 152 valence electrons. The second-order valence-electron chi connectivity index (χ2n) is 7.66. The Morgan fingerprint density at radius 3 is 2.52 bits per heavy atom. The number of nitrogens with one attached hydrogen (secondary N) is 1. The lowest BCUT2D eigenvalue weighted by Crippen LogP contribution is -2.52. The zero-order valence-corrected chi connectivity index (χ0v) is 17.7. The number of fused-ring (bicyclic) bond motifs is 3. The van der Waals surface area contributed by atoms with Crippen molar-refractivity contribution in [2.75, 3.05) is 14.2 Å². The Morgan fingerprint density at radius 2 is 1.86 bits per heavy atom. The van der Waals surface area contributed by atoms with Crippen molar-refractivity contribution >= 4 is 23.6 Å². The Morgan fingerprint density at radius 1 is 1.14 bits per heavy atom. The van der Waals surface area contributed by atoms with E-state index in [-0.39, 0.29) is 17.2 Å². The Labute approximate surface area is 174 Å². The fraction of sp³-hybridized carbons (Fsp3) is 0.364. The minimum Gasteiger partial charge on any atom is -0.493 e. The van der Waals surface area contributed by atoms with Gasteiger partial charge >= 0.3 is 0 Å². The van der Waals surface area contributed by atoms with Gasteiger partial charge in [0.2, 0.25) is 5.91 Å². The third kappa shape index (κ3) is 3.13. The first kappa shape index (κ1) is 19.6. The number of rotatable bonds is 5. The summed E-state index contributed by atoms with van der Waals surface area (Å²) in [4.78, 5) is 28.3. The van der Waals surface area contributed by atoms with Crippen molar-refractivity contribution in [2.24, 2.45) is 0 Å². The maximum atomic E-state index is 13.4. The minimum absolute atomic E-state index is 0.152. The summed E-state index contributed by atoms with van der Waals surface area (Å²) in [6.07, 6.45) is 0. The molecule has 0 bridgehead atoms. The number of benzene rings is 2. The molecule has 0 saturated carbocycles. The van der Waals surface area contributed by atoms with Gasteiger partial charge in [0.15, 0.2) is 11.5 Å². The summed E-state index contributed by atoms with van der Waals surface area (Å²) in [5.41, 5.74) is 2.37. The zero-order chi connectivity index (χ0) is 20.8. The summed E-state index contributed by atoms with van der Waals surface area (Å²) in [5.74, 6) is 0.584. The second-order valence-corrected chi connectivity index (χ2v) is 9.39. The number of carbonyl (C=O) groups is 2. The number of carbonyl (C=O) groups excluding carboxylic acids is 2. The maximum Gasteiger partial charge on any atom is 0.260 e. The molecule has 2 amide bonds. The predicted molar refractivity (Wildman–Crippen MR) is 112 cm³/mol. The zero-order valence-electron chi connectivity index (χ0n) is 16.9. The van der Waals surface area contributed by atoms with Gasteiger partial charge in [-0.1, -0.05) is 36.4 Å². The molecule has 2 aliphatic heterocycles. The van der Waals surface area contributed by atoms with Crippen LogP contribution in [0.4, 0.5) is 0 Å². The molecule has 0 unspecified atom stereocenters. The monoisotopic (exact) mass is 412 g/mol. The standard InChI is InChI=1S/C22H24N2O4S/c1-22(2)18(19(25)23-12-13-8-6-5-7-9-13)24-20(26)16-14(21(24)29-22)10-11-15(27-3)17(16)28-4/h5-11,18,21H,12H2,1-4H3,(H,23,25)/t18-,21-/m1/s1. The molecule has 0 spiro atoms. The van der Waals surface area contributed by atoms with Gasteiger partial charge in [0.1, 0.15) is 11.4 Å². The molecule has 0 aliphatic carbocycles. The number of amides is 2. The summed E-state index contributed by atoms with van der Waals surface area (Å²) < 4.78 is 10.4. The van der Waals surface area contributed by atoms with Gasteiger partial charge in [-0.05, 0) is 25.5 Å². The van der Waals surface area contributed by atoms with E-state index in [2.05, 4.69) is 5.32 Å². The van der Waals surface area contributed by atoms with E-state index < -0.39 is 10.8 Å². The fourth-order valence-electron chi connectivity index (χ4n) is 4.14. The Kier molecular flexibility index (Phi) is 4.94. The van der Waals surface area contributed by atoms with Crippen LogP contribution in [0.1, 0.15) is 40.7 Å². The second kappa shape index (κ2) is 7.30. The van der Waals surface area contributed by atoms with E-state index in [4.69, 9.17) is 9.47 Å². The quantitative estimate of drug-likeness (QED) is 0.816. The lowest BCUT2D eigenvalue weighted by molar-refractivity contribution is -0.126. The molecular formula is C22H24N2O4S. The molecule has 1 N–H and O–H groups in total. The Balaban J connectivity index is 1.65. The molecule has 0 aromatic heterocycles. The minimum atomic E-state index is -0.586. The van der Waals surface area contributed by atoms with E-state index in [9.17, 15) is 9.59 Å². The van der Waals surface area contributed by atoms with E-state index in [1.165, 1.54) is 7.11 Å². The molecule has 1 fully saturated rings. The van der Waals surface area contributed by atoms with Gasteiger partial charge in [0.25, 0.3) is 5.91 Å². The van der Waals surface area contributed by atoms with Gasteiger partial charge in [-0.3, -0.25) is 9.59 Å². The fourth-order valence-corrected chi connectivity index (χ4v) is 5.72. The van der Waals surface area contributed by atoms with Crippen LogP contribution in [0.3, 0.4) is 0 Å². The van der Waals surface area contributed by atoms with Crippen molar-refractivity contribution < 1.29 is 19.1 Å². The van der Waals surface area contributed by atoms with Crippen LogP contribution in [0.15, 0.2) is 42.5 Å². The van der Waals surface area contributed by atoms with Crippen LogP contribution in [0.25, 0.3) is 0 Å².